The second-order valence-electron chi connectivity index (χ2n) is 8.85. The van der Waals surface area contributed by atoms with Crippen molar-refractivity contribution in [1.29, 1.82) is 0 Å². The van der Waals surface area contributed by atoms with Crippen LogP contribution in [0.5, 0.6) is 0 Å². The molecule has 0 bridgehead atoms. The van der Waals surface area contributed by atoms with E-state index in [0.29, 0.717) is 12.1 Å². The second kappa shape index (κ2) is 7.43. The van der Waals surface area contributed by atoms with Crippen molar-refractivity contribution in [2.24, 2.45) is 5.73 Å². The van der Waals surface area contributed by atoms with Crippen LogP contribution in [0.4, 0.5) is 17.2 Å². The molecule has 0 unspecified atom stereocenters. The fraction of sp³-hybridized carbons (Fsp3) is 0.455. The number of hydrogen-bond donors (Lipinski definition) is 3. The number of benzene rings is 1. The molecule has 4 N–H and O–H groups in total. The van der Waals surface area contributed by atoms with Crippen LogP contribution in [0.1, 0.15) is 52.0 Å². The second-order valence-corrected chi connectivity index (χ2v) is 8.85. The SMILES string of the molecule is CC(C)(C)c1ccc(Nc2cc(N[C@H]3CC[C@H](N)CC3)nn3ccnc23)cc1. The van der Waals surface area contributed by atoms with Crippen molar-refractivity contribution in [3.05, 3.63) is 48.3 Å². The van der Waals surface area contributed by atoms with Crippen molar-refractivity contribution in [1.82, 2.24) is 14.6 Å². The van der Waals surface area contributed by atoms with Gasteiger partial charge in [-0.2, -0.15) is 0 Å². The Labute approximate surface area is 166 Å². The quantitative estimate of drug-likeness (QED) is 0.625. The van der Waals surface area contributed by atoms with E-state index < -0.39 is 0 Å². The Bertz CT molecular complexity index is 930. The van der Waals surface area contributed by atoms with Gasteiger partial charge in [-0.15, -0.1) is 5.10 Å². The first kappa shape index (κ1) is 18.7. The van der Waals surface area contributed by atoms with Gasteiger partial charge >= 0.3 is 0 Å². The molecule has 1 saturated carbocycles. The Balaban J connectivity index is 1.57. The Kier molecular flexibility index (Phi) is 4.98. The minimum Gasteiger partial charge on any atom is -0.366 e. The highest BCUT2D eigenvalue weighted by Crippen LogP contribution is 2.28. The van der Waals surface area contributed by atoms with Crippen molar-refractivity contribution in [2.75, 3.05) is 10.6 Å². The maximum absolute atomic E-state index is 6.03. The summed E-state index contributed by atoms with van der Waals surface area (Å²) in [5.74, 6) is 0.861. The number of anilines is 3. The highest BCUT2D eigenvalue weighted by Gasteiger charge is 2.19. The molecule has 1 fully saturated rings. The van der Waals surface area contributed by atoms with Crippen LogP contribution in [0.3, 0.4) is 0 Å². The fourth-order valence-electron chi connectivity index (χ4n) is 3.76. The maximum Gasteiger partial charge on any atom is 0.177 e. The highest BCUT2D eigenvalue weighted by molar-refractivity contribution is 5.75. The first-order valence-corrected chi connectivity index (χ1v) is 10.1. The van der Waals surface area contributed by atoms with Gasteiger partial charge in [0.05, 0.1) is 5.69 Å². The van der Waals surface area contributed by atoms with Gasteiger partial charge in [-0.1, -0.05) is 32.9 Å². The van der Waals surface area contributed by atoms with Gasteiger partial charge < -0.3 is 16.4 Å². The van der Waals surface area contributed by atoms with Crippen LogP contribution in [0.2, 0.25) is 0 Å². The van der Waals surface area contributed by atoms with E-state index in [1.165, 1.54) is 5.56 Å². The van der Waals surface area contributed by atoms with Crippen molar-refractivity contribution < 1.29 is 0 Å². The Hall–Kier alpha value is -2.60. The summed E-state index contributed by atoms with van der Waals surface area (Å²) in [5.41, 5.74) is 10.3. The van der Waals surface area contributed by atoms with Gasteiger partial charge in [-0.3, -0.25) is 0 Å². The predicted molar refractivity (Wildman–Crippen MR) is 115 cm³/mol. The normalized spacial score (nSPS) is 20.3. The van der Waals surface area contributed by atoms with E-state index in [4.69, 9.17) is 5.73 Å². The third-order valence-corrected chi connectivity index (χ3v) is 5.51. The maximum atomic E-state index is 6.03. The molecule has 0 radical (unpaired) electrons. The summed E-state index contributed by atoms with van der Waals surface area (Å²) in [6.07, 6.45) is 7.96. The average Bonchev–Trinajstić information content (AvgIpc) is 3.12. The smallest absolute Gasteiger partial charge is 0.177 e. The zero-order chi connectivity index (χ0) is 19.7. The molecule has 148 valence electrons. The zero-order valence-electron chi connectivity index (χ0n) is 16.9. The van der Waals surface area contributed by atoms with Crippen molar-refractivity contribution in [2.45, 2.75) is 64.0 Å². The van der Waals surface area contributed by atoms with E-state index in [1.807, 2.05) is 10.7 Å². The molecule has 0 saturated heterocycles. The number of nitrogens with zero attached hydrogens (tertiary/aromatic N) is 3. The molecule has 3 aromatic rings. The van der Waals surface area contributed by atoms with E-state index in [-0.39, 0.29) is 5.41 Å². The first-order valence-electron chi connectivity index (χ1n) is 10.1. The fourth-order valence-corrected chi connectivity index (χ4v) is 3.76. The summed E-state index contributed by atoms with van der Waals surface area (Å²) in [7, 11) is 0. The van der Waals surface area contributed by atoms with Gasteiger partial charge in [0.2, 0.25) is 0 Å². The van der Waals surface area contributed by atoms with E-state index in [2.05, 4.69) is 71.8 Å². The lowest BCUT2D eigenvalue weighted by molar-refractivity contribution is 0.410. The predicted octanol–water partition coefficient (Wildman–Crippen LogP) is 4.45. The average molecular weight is 379 g/mol. The van der Waals surface area contributed by atoms with Crippen LogP contribution in [0.15, 0.2) is 42.7 Å². The number of aromatic nitrogens is 3. The highest BCUT2D eigenvalue weighted by atomic mass is 15.3. The van der Waals surface area contributed by atoms with E-state index in [1.54, 1.807) is 6.20 Å². The molecular formula is C22H30N6. The standard InChI is InChI=1S/C22H30N6/c1-22(2,3)15-4-8-17(9-5-15)25-19-14-20(27-28-13-12-24-21(19)28)26-18-10-6-16(23)7-11-18/h4-5,8-9,12-14,16,18,25H,6-7,10-11,23H2,1-3H3,(H,26,27)/t16-,18-. The first-order chi connectivity index (χ1) is 13.4. The third kappa shape index (κ3) is 4.12. The van der Waals surface area contributed by atoms with Crippen LogP contribution in [0, 0.1) is 0 Å². The van der Waals surface area contributed by atoms with E-state index in [0.717, 1.165) is 48.5 Å². The summed E-state index contributed by atoms with van der Waals surface area (Å²) in [6.45, 7) is 6.67. The molecule has 2 aromatic heterocycles. The summed E-state index contributed by atoms with van der Waals surface area (Å²) in [5, 5.41) is 11.8. The molecule has 1 aromatic carbocycles. The molecule has 1 aliphatic rings. The molecule has 1 aliphatic carbocycles. The molecule has 0 atom stereocenters. The largest absolute Gasteiger partial charge is 0.366 e. The Morgan fingerprint density at radius 3 is 2.46 bits per heavy atom. The number of nitrogens with two attached hydrogens (primary N) is 1. The van der Waals surface area contributed by atoms with Gasteiger partial charge in [-0.25, -0.2) is 9.50 Å². The van der Waals surface area contributed by atoms with Crippen LogP contribution < -0.4 is 16.4 Å². The number of fused-ring (bicyclic) bond motifs is 1. The molecule has 0 spiro atoms. The van der Waals surface area contributed by atoms with Crippen LogP contribution in [0.25, 0.3) is 5.65 Å². The molecule has 4 rings (SSSR count). The van der Waals surface area contributed by atoms with Gasteiger partial charge in [0.15, 0.2) is 5.65 Å². The third-order valence-electron chi connectivity index (χ3n) is 5.51. The minimum absolute atomic E-state index is 0.144. The van der Waals surface area contributed by atoms with Gasteiger partial charge in [0.25, 0.3) is 0 Å². The van der Waals surface area contributed by atoms with Crippen molar-refractivity contribution in [3.8, 4) is 0 Å². The zero-order valence-corrected chi connectivity index (χ0v) is 16.9. The molecular weight excluding hydrogens is 348 g/mol. The number of hydrogen-bond acceptors (Lipinski definition) is 5. The topological polar surface area (TPSA) is 80.3 Å². The summed E-state index contributed by atoms with van der Waals surface area (Å²) in [6, 6.07) is 11.4. The lowest BCUT2D eigenvalue weighted by Gasteiger charge is -2.27. The lowest BCUT2D eigenvalue weighted by Crippen LogP contribution is -2.33. The molecule has 6 nitrogen and oxygen atoms in total. The van der Waals surface area contributed by atoms with Crippen LogP contribution >= 0.6 is 0 Å². The molecule has 0 amide bonds. The summed E-state index contributed by atoms with van der Waals surface area (Å²) in [4.78, 5) is 4.46. The minimum atomic E-state index is 0.144. The van der Waals surface area contributed by atoms with Crippen LogP contribution in [-0.4, -0.2) is 26.7 Å². The Morgan fingerprint density at radius 1 is 1.07 bits per heavy atom. The van der Waals surface area contributed by atoms with Gasteiger partial charge in [0.1, 0.15) is 5.82 Å². The molecule has 28 heavy (non-hydrogen) atoms. The Morgan fingerprint density at radius 2 is 1.79 bits per heavy atom. The van der Waals surface area contributed by atoms with Gasteiger partial charge in [0, 0.05) is 36.2 Å². The number of nitrogens with one attached hydrogen (secondary N) is 2. The molecule has 6 heteroatoms. The van der Waals surface area contributed by atoms with Gasteiger partial charge in [-0.05, 0) is 48.8 Å². The number of imidazole rings is 1. The summed E-state index contributed by atoms with van der Waals surface area (Å²) >= 11 is 0. The van der Waals surface area contributed by atoms with Crippen LogP contribution in [-0.2, 0) is 5.41 Å². The van der Waals surface area contributed by atoms with Crippen molar-refractivity contribution in [3.63, 3.8) is 0 Å². The summed E-state index contributed by atoms with van der Waals surface area (Å²) < 4.78 is 1.82. The molecule has 2 heterocycles. The van der Waals surface area contributed by atoms with E-state index >= 15 is 0 Å². The van der Waals surface area contributed by atoms with Crippen molar-refractivity contribution >= 4 is 22.8 Å². The molecule has 0 aliphatic heterocycles. The van der Waals surface area contributed by atoms with E-state index in [9.17, 15) is 0 Å². The number of rotatable bonds is 4. The monoisotopic (exact) mass is 378 g/mol. The lowest BCUT2D eigenvalue weighted by atomic mass is 9.87.